The molecule has 0 amide bonds. The number of nitrogens with one attached hydrogen (secondary N) is 1. The maximum absolute atomic E-state index is 10.9. The lowest BCUT2D eigenvalue weighted by atomic mass is 10.2. The van der Waals surface area contributed by atoms with Crippen molar-refractivity contribution in [1.82, 2.24) is 15.1 Å². The first-order valence-electron chi connectivity index (χ1n) is 5.85. The van der Waals surface area contributed by atoms with Crippen LogP contribution in [0.2, 0.25) is 0 Å². The number of benzene rings is 1. The van der Waals surface area contributed by atoms with E-state index in [4.69, 9.17) is 14.4 Å². The molecule has 3 aromatic rings. The minimum absolute atomic E-state index is 0.202. The van der Waals surface area contributed by atoms with Crippen molar-refractivity contribution in [2.75, 3.05) is 7.11 Å². The lowest BCUT2D eigenvalue weighted by Gasteiger charge is -1.92. The van der Waals surface area contributed by atoms with E-state index in [9.17, 15) is 4.79 Å². The molecule has 2 aromatic heterocycles. The maximum Gasteiger partial charge on any atom is 0.335 e. The highest BCUT2D eigenvalue weighted by molar-refractivity contribution is 5.92. The predicted octanol–water partition coefficient (Wildman–Crippen LogP) is 2.06. The minimum atomic E-state index is -0.980. The van der Waals surface area contributed by atoms with E-state index in [1.54, 1.807) is 19.2 Å². The third-order valence-electron chi connectivity index (χ3n) is 2.82. The van der Waals surface area contributed by atoms with E-state index in [0.717, 1.165) is 0 Å². The van der Waals surface area contributed by atoms with Gasteiger partial charge in [0.1, 0.15) is 12.3 Å². The van der Waals surface area contributed by atoms with Gasteiger partial charge in [-0.2, -0.15) is 0 Å². The third kappa shape index (κ3) is 2.14. The van der Waals surface area contributed by atoms with Gasteiger partial charge in [0.15, 0.2) is 11.6 Å². The Bertz CT molecular complexity index is 775. The predicted molar refractivity (Wildman–Crippen MR) is 69.3 cm³/mol. The average Bonchev–Trinajstić information content (AvgIpc) is 3.03. The number of aromatic carboxylic acids is 1. The van der Waals surface area contributed by atoms with Crippen LogP contribution in [-0.2, 0) is 11.3 Å². The van der Waals surface area contributed by atoms with Crippen molar-refractivity contribution >= 4 is 17.0 Å². The van der Waals surface area contributed by atoms with Gasteiger partial charge < -0.3 is 19.4 Å². The maximum atomic E-state index is 10.9. The largest absolute Gasteiger partial charge is 0.478 e. The molecule has 3 rings (SSSR count). The van der Waals surface area contributed by atoms with E-state index in [2.05, 4.69) is 15.1 Å². The first-order valence-corrected chi connectivity index (χ1v) is 5.85. The molecule has 0 fully saturated rings. The van der Waals surface area contributed by atoms with Crippen molar-refractivity contribution in [3.8, 4) is 11.5 Å². The second kappa shape index (κ2) is 4.78. The molecule has 1 aromatic carbocycles. The molecule has 0 atom stereocenters. The average molecular weight is 273 g/mol. The molecule has 0 bridgehead atoms. The minimum Gasteiger partial charge on any atom is -0.478 e. The number of carboxylic acids is 1. The summed E-state index contributed by atoms with van der Waals surface area (Å²) in [5.74, 6) is 0.134. The van der Waals surface area contributed by atoms with Crippen LogP contribution < -0.4 is 0 Å². The van der Waals surface area contributed by atoms with Crippen molar-refractivity contribution < 1.29 is 19.2 Å². The molecule has 0 aliphatic rings. The molecule has 7 nitrogen and oxygen atoms in total. The highest BCUT2D eigenvalue weighted by Gasteiger charge is 2.12. The van der Waals surface area contributed by atoms with Crippen molar-refractivity contribution in [2.24, 2.45) is 0 Å². The van der Waals surface area contributed by atoms with Gasteiger partial charge in [-0.1, -0.05) is 5.16 Å². The summed E-state index contributed by atoms with van der Waals surface area (Å²) >= 11 is 0. The summed E-state index contributed by atoms with van der Waals surface area (Å²) in [6.07, 6.45) is 0. The topological polar surface area (TPSA) is 101 Å². The molecular weight excluding hydrogens is 262 g/mol. The van der Waals surface area contributed by atoms with Gasteiger partial charge >= 0.3 is 5.97 Å². The van der Waals surface area contributed by atoms with Gasteiger partial charge in [-0.25, -0.2) is 9.78 Å². The van der Waals surface area contributed by atoms with Crippen LogP contribution in [0.5, 0.6) is 0 Å². The Morgan fingerprint density at radius 3 is 3.05 bits per heavy atom. The van der Waals surface area contributed by atoms with Gasteiger partial charge in [-0.15, -0.1) is 0 Å². The van der Waals surface area contributed by atoms with E-state index in [1.165, 1.54) is 12.1 Å². The Morgan fingerprint density at radius 2 is 2.30 bits per heavy atom. The fourth-order valence-electron chi connectivity index (χ4n) is 1.90. The number of carboxylic acid groups (broad SMARTS) is 1. The SMILES string of the molecule is COCc1cc(-c2nc3ccc(C(=O)O)cc3[nH]2)no1. The van der Waals surface area contributed by atoms with Gasteiger partial charge in [-0.3, -0.25) is 0 Å². The van der Waals surface area contributed by atoms with Crippen molar-refractivity contribution in [2.45, 2.75) is 6.61 Å². The normalized spacial score (nSPS) is 11.1. The number of H-pyrrole nitrogens is 1. The van der Waals surface area contributed by atoms with E-state index in [-0.39, 0.29) is 5.56 Å². The Kier molecular flexibility index (Phi) is 2.96. The number of methoxy groups -OCH3 is 1. The molecule has 0 spiro atoms. The fourth-order valence-corrected chi connectivity index (χ4v) is 1.90. The summed E-state index contributed by atoms with van der Waals surface area (Å²) < 4.78 is 10.0. The van der Waals surface area contributed by atoms with E-state index < -0.39 is 5.97 Å². The number of nitrogens with zero attached hydrogens (tertiary/aromatic N) is 2. The summed E-state index contributed by atoms with van der Waals surface area (Å²) in [4.78, 5) is 18.3. The number of hydrogen-bond acceptors (Lipinski definition) is 5. The number of ether oxygens (including phenoxy) is 1. The van der Waals surface area contributed by atoms with Crippen LogP contribution in [0.3, 0.4) is 0 Å². The van der Waals surface area contributed by atoms with Crippen molar-refractivity contribution in [1.29, 1.82) is 0 Å². The van der Waals surface area contributed by atoms with Gasteiger partial charge in [0.2, 0.25) is 0 Å². The number of aromatic amines is 1. The summed E-state index contributed by atoms with van der Waals surface area (Å²) in [5, 5.41) is 12.8. The van der Waals surface area contributed by atoms with Crippen LogP contribution in [0.1, 0.15) is 16.1 Å². The first-order chi connectivity index (χ1) is 9.67. The smallest absolute Gasteiger partial charge is 0.335 e. The van der Waals surface area contributed by atoms with E-state index in [1.807, 2.05) is 0 Å². The molecule has 2 heterocycles. The molecule has 20 heavy (non-hydrogen) atoms. The highest BCUT2D eigenvalue weighted by atomic mass is 16.5. The highest BCUT2D eigenvalue weighted by Crippen LogP contribution is 2.21. The second-order valence-corrected chi connectivity index (χ2v) is 4.23. The molecular formula is C13H11N3O4. The summed E-state index contributed by atoms with van der Waals surface area (Å²) in [6.45, 7) is 0.330. The first kappa shape index (κ1) is 12.4. The Labute approximate surface area is 113 Å². The van der Waals surface area contributed by atoms with Crippen LogP contribution in [0.4, 0.5) is 0 Å². The molecule has 2 N–H and O–H groups in total. The zero-order valence-electron chi connectivity index (χ0n) is 10.6. The second-order valence-electron chi connectivity index (χ2n) is 4.23. The standard InChI is InChI=1S/C13H11N3O4/c1-19-6-8-5-11(16-20-8)12-14-9-3-2-7(13(17)18)4-10(9)15-12/h2-5H,6H2,1H3,(H,14,15)(H,17,18). The summed E-state index contributed by atoms with van der Waals surface area (Å²) in [5.41, 5.74) is 2.05. The molecule has 0 aliphatic carbocycles. The molecule has 102 valence electrons. The van der Waals surface area contributed by atoms with Crippen LogP contribution in [0, 0.1) is 0 Å². The van der Waals surface area contributed by atoms with Gasteiger partial charge in [-0.05, 0) is 18.2 Å². The summed E-state index contributed by atoms with van der Waals surface area (Å²) in [7, 11) is 1.57. The third-order valence-corrected chi connectivity index (χ3v) is 2.82. The lowest BCUT2D eigenvalue weighted by Crippen LogP contribution is -1.94. The van der Waals surface area contributed by atoms with Crippen LogP contribution >= 0.6 is 0 Å². The molecule has 7 heteroatoms. The number of fused-ring (bicyclic) bond motifs is 1. The number of aromatic nitrogens is 3. The molecule has 0 saturated carbocycles. The quantitative estimate of drug-likeness (QED) is 0.754. The van der Waals surface area contributed by atoms with Gasteiger partial charge in [0.25, 0.3) is 0 Å². The fraction of sp³-hybridized carbons (Fsp3) is 0.154. The Balaban J connectivity index is 2.01. The Morgan fingerprint density at radius 1 is 1.45 bits per heavy atom. The van der Waals surface area contributed by atoms with Gasteiger partial charge in [0, 0.05) is 13.2 Å². The van der Waals surface area contributed by atoms with Crippen LogP contribution in [0.25, 0.3) is 22.6 Å². The lowest BCUT2D eigenvalue weighted by molar-refractivity contribution is 0.0697. The van der Waals surface area contributed by atoms with E-state index in [0.29, 0.717) is 34.9 Å². The number of imidazole rings is 1. The van der Waals surface area contributed by atoms with Gasteiger partial charge in [0.05, 0.1) is 16.6 Å². The Hall–Kier alpha value is -2.67. The zero-order chi connectivity index (χ0) is 14.1. The molecule has 0 saturated heterocycles. The van der Waals surface area contributed by atoms with Crippen LogP contribution in [-0.4, -0.2) is 33.3 Å². The van der Waals surface area contributed by atoms with E-state index >= 15 is 0 Å². The van der Waals surface area contributed by atoms with Crippen LogP contribution in [0.15, 0.2) is 28.8 Å². The number of hydrogen-bond donors (Lipinski definition) is 2. The van der Waals surface area contributed by atoms with Crippen molar-refractivity contribution in [3.63, 3.8) is 0 Å². The number of carbonyl (C=O) groups is 1. The van der Waals surface area contributed by atoms with Crippen molar-refractivity contribution in [3.05, 3.63) is 35.6 Å². The molecule has 0 unspecified atom stereocenters. The molecule has 0 radical (unpaired) electrons. The summed E-state index contributed by atoms with van der Waals surface area (Å²) in [6, 6.07) is 6.41. The number of rotatable bonds is 4. The molecule has 0 aliphatic heterocycles. The zero-order valence-corrected chi connectivity index (χ0v) is 10.6. The monoisotopic (exact) mass is 273 g/mol.